The van der Waals surface area contributed by atoms with Crippen LogP contribution in [0.2, 0.25) is 0 Å². The summed E-state index contributed by atoms with van der Waals surface area (Å²) in [7, 11) is 0. The van der Waals surface area contributed by atoms with E-state index in [1.165, 1.54) is 32.3 Å². The summed E-state index contributed by atoms with van der Waals surface area (Å²) in [4.78, 5) is 16.2. The SMILES string of the molecule is c1ccc2c(c1)oc1cc(-c3ccc4c5ccccc5n(-c5ccc(-c6nc(-c7ccc8cc(-n9c%10ccccc%10c%10ccc(-c%11ccc%12c(c%11)oc%11ccccc%11%12)cc%109)ccc8c7)nc(-c7ccc8cc(-n9c%10ccccc%10c%10ccc(-c%11ccc%12c(c%11)oc%11ccccc%11%12)cc%109)ccc8c7)n6)cc5)c4c3)ccc12. The zero-order valence-corrected chi connectivity index (χ0v) is 58.9. The number of para-hydroxylation sites is 6. The molecule has 0 radical (unpaired) electrons. The van der Waals surface area contributed by atoms with E-state index >= 15 is 0 Å². The number of rotatable bonds is 9. The maximum Gasteiger partial charge on any atom is 0.164 e. The molecule has 7 heterocycles. The Morgan fingerprint density at radius 1 is 0.164 bits per heavy atom. The molecule has 9 nitrogen and oxygen atoms in total. The van der Waals surface area contributed by atoms with Gasteiger partial charge in [-0.2, -0.15) is 0 Å². The number of hydrogen-bond acceptors (Lipinski definition) is 6. The van der Waals surface area contributed by atoms with Crippen LogP contribution in [0, 0.1) is 0 Å². The molecular weight excluding hydrogens is 1350 g/mol. The van der Waals surface area contributed by atoms with Gasteiger partial charge in [0.2, 0.25) is 0 Å². The third-order valence-electron chi connectivity index (χ3n) is 22.9. The summed E-state index contributed by atoms with van der Waals surface area (Å²) >= 11 is 0. The maximum absolute atomic E-state index is 6.39. The molecule has 510 valence electrons. The highest BCUT2D eigenvalue weighted by Crippen LogP contribution is 2.44. The Bertz CT molecular complexity index is 7730. The summed E-state index contributed by atoms with van der Waals surface area (Å²) in [5, 5.41) is 18.1. The topological polar surface area (TPSA) is 92.9 Å². The molecule has 0 spiro atoms. The molecule has 110 heavy (non-hydrogen) atoms. The fourth-order valence-electron chi connectivity index (χ4n) is 17.5. The lowest BCUT2D eigenvalue weighted by molar-refractivity contribution is 0.668. The van der Waals surface area contributed by atoms with Crippen LogP contribution in [0.3, 0.4) is 0 Å². The van der Waals surface area contributed by atoms with Gasteiger partial charge in [0.25, 0.3) is 0 Å². The molecule has 0 N–H and O–H groups in total. The highest BCUT2D eigenvalue weighted by Gasteiger charge is 2.22. The Kier molecular flexibility index (Phi) is 12.8. The van der Waals surface area contributed by atoms with Gasteiger partial charge in [-0.1, -0.05) is 200 Å². The van der Waals surface area contributed by atoms with Gasteiger partial charge in [0, 0.05) is 98.4 Å². The van der Waals surface area contributed by atoms with Crippen molar-refractivity contribution in [2.24, 2.45) is 0 Å². The zero-order valence-electron chi connectivity index (χ0n) is 58.9. The highest BCUT2D eigenvalue weighted by molar-refractivity contribution is 6.15. The first-order valence-electron chi connectivity index (χ1n) is 37.2. The maximum atomic E-state index is 6.39. The molecule has 0 bridgehead atoms. The van der Waals surface area contributed by atoms with Gasteiger partial charge in [-0.25, -0.2) is 15.0 Å². The second-order valence-electron chi connectivity index (χ2n) is 29.0. The molecule has 0 aliphatic heterocycles. The average molecular weight is 1400 g/mol. The molecule has 0 saturated heterocycles. The molecule has 0 fully saturated rings. The van der Waals surface area contributed by atoms with E-state index < -0.39 is 0 Å². The number of furan rings is 3. The lowest BCUT2D eigenvalue weighted by atomic mass is 10.0. The second-order valence-corrected chi connectivity index (χ2v) is 29.0. The Labute approximate surface area is 627 Å². The normalized spacial score (nSPS) is 12.2. The Morgan fingerprint density at radius 3 is 0.800 bits per heavy atom. The molecule has 0 amide bonds. The Balaban J connectivity index is 0.617. The minimum absolute atomic E-state index is 0.569. The first-order chi connectivity index (χ1) is 54.4. The lowest BCUT2D eigenvalue weighted by Crippen LogP contribution is -2.01. The van der Waals surface area contributed by atoms with Crippen molar-refractivity contribution in [3.63, 3.8) is 0 Å². The zero-order chi connectivity index (χ0) is 71.8. The summed E-state index contributed by atoms with van der Waals surface area (Å²) in [5.74, 6) is 1.72. The van der Waals surface area contributed by atoms with E-state index in [2.05, 4.69) is 329 Å². The number of hydrogen-bond donors (Lipinski definition) is 0. The molecule has 17 aromatic carbocycles. The summed E-state index contributed by atoms with van der Waals surface area (Å²) in [6.07, 6.45) is 0. The molecule has 9 heteroatoms. The lowest BCUT2D eigenvalue weighted by Gasteiger charge is -2.13. The van der Waals surface area contributed by atoms with Crippen molar-refractivity contribution < 1.29 is 13.3 Å². The van der Waals surface area contributed by atoms with Gasteiger partial charge in [-0.15, -0.1) is 0 Å². The van der Waals surface area contributed by atoms with Gasteiger partial charge in [-0.3, -0.25) is 0 Å². The fourth-order valence-corrected chi connectivity index (χ4v) is 17.5. The quantitative estimate of drug-likeness (QED) is 0.143. The number of benzene rings is 17. The van der Waals surface area contributed by atoms with Crippen molar-refractivity contribution in [1.29, 1.82) is 0 Å². The summed E-state index contributed by atoms with van der Waals surface area (Å²) in [5.41, 5.74) is 24.5. The van der Waals surface area contributed by atoms with E-state index in [0.717, 1.165) is 188 Å². The van der Waals surface area contributed by atoms with Crippen LogP contribution in [0.5, 0.6) is 0 Å². The monoisotopic (exact) mass is 1400 g/mol. The van der Waals surface area contributed by atoms with Crippen molar-refractivity contribution in [3.8, 4) is 84.6 Å². The molecule has 0 aliphatic carbocycles. The summed E-state index contributed by atoms with van der Waals surface area (Å²) in [6, 6.07) is 126. The van der Waals surface area contributed by atoms with Crippen molar-refractivity contribution in [2.45, 2.75) is 0 Å². The van der Waals surface area contributed by atoms with Gasteiger partial charge in [0.15, 0.2) is 17.5 Å². The van der Waals surface area contributed by atoms with Crippen molar-refractivity contribution in [2.75, 3.05) is 0 Å². The number of fused-ring (bicyclic) bond motifs is 20. The van der Waals surface area contributed by atoms with E-state index in [1.807, 2.05) is 36.4 Å². The van der Waals surface area contributed by atoms with Crippen LogP contribution in [0.15, 0.2) is 365 Å². The molecule has 7 aromatic heterocycles. The van der Waals surface area contributed by atoms with E-state index in [4.69, 9.17) is 28.2 Å². The standard InChI is InChI=1S/C101H58N6O3/c1-7-19-87-75(13-1)78-43-33-64(67-36-46-84-81-16-4-10-22-93(81)108-96(84)56-67)53-90(78)105(87)72-39-29-59(30-40-72)99-102-100(70-27-25-62-51-73(41-31-60(62)49-70)106-88-20-8-2-14-76(88)79-44-34-65(54-91(79)106)68-37-47-85-82-17-5-11-23-94(82)109-97(85)57-68)104-101(103-99)71-28-26-63-52-74(42-32-61(63)50-71)107-89-21-9-3-15-77(89)80-45-35-66(55-92(80)107)69-38-48-86-83-18-6-12-24-95(83)110-98(86)58-69/h1-58H. The van der Waals surface area contributed by atoms with Crippen LogP contribution in [0.1, 0.15) is 0 Å². The summed E-state index contributed by atoms with van der Waals surface area (Å²) < 4.78 is 26.3. The van der Waals surface area contributed by atoms with Gasteiger partial charge >= 0.3 is 0 Å². The molecule has 0 unspecified atom stereocenters. The third kappa shape index (κ3) is 9.31. The molecule has 0 atom stereocenters. The van der Waals surface area contributed by atoms with Crippen LogP contribution >= 0.6 is 0 Å². The molecule has 0 saturated carbocycles. The highest BCUT2D eigenvalue weighted by atomic mass is 16.3. The number of nitrogens with zero attached hydrogens (tertiary/aromatic N) is 6. The van der Waals surface area contributed by atoms with Crippen molar-refractivity contribution in [1.82, 2.24) is 28.7 Å². The van der Waals surface area contributed by atoms with Gasteiger partial charge in [0.1, 0.15) is 33.5 Å². The minimum Gasteiger partial charge on any atom is -0.456 e. The molecule has 0 aliphatic rings. The smallest absolute Gasteiger partial charge is 0.164 e. The molecular formula is C101H58N6O3. The van der Waals surface area contributed by atoms with E-state index in [-0.39, 0.29) is 0 Å². The number of aromatic nitrogens is 6. The van der Waals surface area contributed by atoms with Crippen molar-refractivity contribution >= 4 is 153 Å². The summed E-state index contributed by atoms with van der Waals surface area (Å²) in [6.45, 7) is 0. The van der Waals surface area contributed by atoms with E-state index in [1.54, 1.807) is 0 Å². The van der Waals surface area contributed by atoms with Gasteiger partial charge in [-0.05, 0) is 207 Å². The van der Waals surface area contributed by atoms with Gasteiger partial charge in [0.05, 0.1) is 33.1 Å². The van der Waals surface area contributed by atoms with E-state index in [9.17, 15) is 0 Å². The van der Waals surface area contributed by atoms with Crippen LogP contribution < -0.4 is 0 Å². The fraction of sp³-hybridized carbons (Fsp3) is 0. The van der Waals surface area contributed by atoms with Crippen LogP contribution in [-0.2, 0) is 0 Å². The van der Waals surface area contributed by atoms with Crippen LogP contribution in [0.25, 0.3) is 237 Å². The Hall–Kier alpha value is -14.9. The predicted molar refractivity (Wildman–Crippen MR) is 452 cm³/mol. The predicted octanol–water partition coefficient (Wildman–Crippen LogP) is 27.2. The first-order valence-corrected chi connectivity index (χ1v) is 37.2. The van der Waals surface area contributed by atoms with Crippen LogP contribution in [0.4, 0.5) is 0 Å². The molecule has 24 rings (SSSR count). The van der Waals surface area contributed by atoms with Gasteiger partial charge < -0.3 is 27.0 Å². The third-order valence-corrected chi connectivity index (χ3v) is 22.9. The molecule has 24 aromatic rings. The Morgan fingerprint density at radius 2 is 0.418 bits per heavy atom. The van der Waals surface area contributed by atoms with Crippen molar-refractivity contribution in [3.05, 3.63) is 352 Å². The van der Waals surface area contributed by atoms with E-state index in [0.29, 0.717) is 17.5 Å². The second kappa shape index (κ2) is 23.3. The minimum atomic E-state index is 0.569. The van der Waals surface area contributed by atoms with Crippen LogP contribution in [-0.4, -0.2) is 28.7 Å². The largest absolute Gasteiger partial charge is 0.456 e. The first kappa shape index (κ1) is 60.3. The average Bonchev–Trinajstić information content (AvgIpc) is 1.65.